The third-order valence-corrected chi connectivity index (χ3v) is 6.90. The van der Waals surface area contributed by atoms with Gasteiger partial charge < -0.3 is 10.2 Å². The molecule has 0 amide bonds. The third-order valence-electron chi connectivity index (χ3n) is 3.51. The van der Waals surface area contributed by atoms with Crippen LogP contribution in [-0.2, 0) is 0 Å². The summed E-state index contributed by atoms with van der Waals surface area (Å²) in [5.74, 6) is 1.47. The SMILES string of the molecule is OCCSCCO.c1ccc(P(c2ccccc2)c2ccccc2)cc1. The second kappa shape index (κ2) is 12.7. The molecular formula is C22H25O2PS. The molecule has 0 spiro atoms. The van der Waals surface area contributed by atoms with Gasteiger partial charge in [0, 0.05) is 11.5 Å². The zero-order chi connectivity index (χ0) is 18.5. The van der Waals surface area contributed by atoms with E-state index in [0.29, 0.717) is 0 Å². The Morgan fingerprint density at radius 1 is 0.538 bits per heavy atom. The maximum Gasteiger partial charge on any atom is 0.0521 e. The van der Waals surface area contributed by atoms with Gasteiger partial charge in [0.2, 0.25) is 0 Å². The minimum absolute atomic E-state index is 0.213. The summed E-state index contributed by atoms with van der Waals surface area (Å²) < 4.78 is 0. The first kappa shape index (κ1) is 20.7. The molecule has 0 aliphatic carbocycles. The molecule has 0 fully saturated rings. The summed E-state index contributed by atoms with van der Waals surface area (Å²) in [6.45, 7) is 0.426. The minimum atomic E-state index is -0.446. The van der Waals surface area contributed by atoms with Gasteiger partial charge in [-0.05, 0) is 23.8 Å². The number of aliphatic hydroxyl groups excluding tert-OH is 2. The Hall–Kier alpha value is -1.64. The summed E-state index contributed by atoms with van der Waals surface area (Å²) in [4.78, 5) is 0. The average Bonchev–Trinajstić information content (AvgIpc) is 2.72. The number of rotatable bonds is 7. The van der Waals surface area contributed by atoms with Gasteiger partial charge in [0.15, 0.2) is 0 Å². The Morgan fingerprint density at radius 3 is 1.12 bits per heavy atom. The van der Waals surface area contributed by atoms with Crippen LogP contribution in [0.3, 0.4) is 0 Å². The van der Waals surface area contributed by atoms with Crippen molar-refractivity contribution in [1.29, 1.82) is 0 Å². The molecule has 136 valence electrons. The van der Waals surface area contributed by atoms with Crippen LogP contribution >= 0.6 is 19.7 Å². The highest BCUT2D eigenvalue weighted by Crippen LogP contribution is 2.32. The first-order valence-electron chi connectivity index (χ1n) is 8.61. The molecule has 0 aliphatic rings. The van der Waals surface area contributed by atoms with E-state index in [9.17, 15) is 0 Å². The van der Waals surface area contributed by atoms with E-state index in [0.717, 1.165) is 11.5 Å². The van der Waals surface area contributed by atoms with E-state index < -0.39 is 7.92 Å². The molecule has 0 unspecified atom stereocenters. The van der Waals surface area contributed by atoms with Gasteiger partial charge in [-0.25, -0.2) is 0 Å². The molecule has 3 aromatic carbocycles. The normalized spacial score (nSPS) is 10.3. The van der Waals surface area contributed by atoms with Crippen LogP contribution in [-0.4, -0.2) is 34.9 Å². The number of hydrogen-bond donors (Lipinski definition) is 2. The van der Waals surface area contributed by atoms with Crippen LogP contribution < -0.4 is 15.9 Å². The van der Waals surface area contributed by atoms with Crippen molar-refractivity contribution in [2.75, 3.05) is 24.7 Å². The zero-order valence-corrected chi connectivity index (χ0v) is 16.4. The van der Waals surface area contributed by atoms with E-state index in [-0.39, 0.29) is 13.2 Å². The van der Waals surface area contributed by atoms with Crippen LogP contribution in [0.4, 0.5) is 0 Å². The minimum Gasteiger partial charge on any atom is -0.396 e. The summed E-state index contributed by atoms with van der Waals surface area (Å²) >= 11 is 1.55. The number of hydrogen-bond acceptors (Lipinski definition) is 3. The summed E-state index contributed by atoms with van der Waals surface area (Å²) in [5.41, 5.74) is 0. The smallest absolute Gasteiger partial charge is 0.0521 e. The fraction of sp³-hybridized carbons (Fsp3) is 0.182. The fourth-order valence-corrected chi connectivity index (χ4v) is 5.18. The van der Waals surface area contributed by atoms with Gasteiger partial charge in [-0.15, -0.1) is 0 Å². The molecule has 26 heavy (non-hydrogen) atoms. The standard InChI is InChI=1S/C18H15P.C4H10O2S/c1-4-10-16(11-5-1)19(17-12-6-2-7-13-17)18-14-8-3-9-15-18;5-1-3-7-4-2-6/h1-15H;5-6H,1-4H2. The van der Waals surface area contributed by atoms with Gasteiger partial charge >= 0.3 is 0 Å². The Bertz CT molecular complexity index is 610. The van der Waals surface area contributed by atoms with Crippen LogP contribution in [0.1, 0.15) is 0 Å². The molecule has 4 heteroatoms. The third kappa shape index (κ3) is 6.93. The van der Waals surface area contributed by atoms with Crippen LogP contribution in [0, 0.1) is 0 Å². The topological polar surface area (TPSA) is 40.5 Å². The Morgan fingerprint density at radius 2 is 0.846 bits per heavy atom. The number of aliphatic hydroxyl groups is 2. The largest absolute Gasteiger partial charge is 0.396 e. The molecule has 0 heterocycles. The molecule has 3 aromatic rings. The van der Waals surface area contributed by atoms with E-state index in [1.54, 1.807) is 11.8 Å². The van der Waals surface area contributed by atoms with Gasteiger partial charge in [-0.2, -0.15) is 11.8 Å². The van der Waals surface area contributed by atoms with Crippen LogP contribution in [0.15, 0.2) is 91.0 Å². The van der Waals surface area contributed by atoms with E-state index in [2.05, 4.69) is 91.0 Å². The quantitative estimate of drug-likeness (QED) is 0.486. The van der Waals surface area contributed by atoms with E-state index in [4.69, 9.17) is 10.2 Å². The van der Waals surface area contributed by atoms with Crippen molar-refractivity contribution < 1.29 is 10.2 Å². The van der Waals surface area contributed by atoms with E-state index in [1.165, 1.54) is 15.9 Å². The summed E-state index contributed by atoms with van der Waals surface area (Å²) in [6.07, 6.45) is 0. The average molecular weight is 384 g/mol. The first-order valence-corrected chi connectivity index (χ1v) is 11.1. The van der Waals surface area contributed by atoms with Crippen LogP contribution in [0.2, 0.25) is 0 Å². The van der Waals surface area contributed by atoms with Crippen molar-refractivity contribution in [2.45, 2.75) is 0 Å². The summed E-state index contributed by atoms with van der Waals surface area (Å²) in [5, 5.41) is 20.6. The van der Waals surface area contributed by atoms with Crippen molar-refractivity contribution in [3.05, 3.63) is 91.0 Å². The lowest BCUT2D eigenvalue weighted by Gasteiger charge is -2.18. The predicted molar refractivity (Wildman–Crippen MR) is 117 cm³/mol. The zero-order valence-electron chi connectivity index (χ0n) is 14.7. The predicted octanol–water partition coefficient (Wildman–Crippen LogP) is 3.15. The molecule has 3 rings (SSSR count). The van der Waals surface area contributed by atoms with Gasteiger partial charge in [-0.1, -0.05) is 91.0 Å². The maximum absolute atomic E-state index is 8.19. The number of thioether (sulfide) groups is 1. The molecular weight excluding hydrogens is 359 g/mol. The lowest BCUT2D eigenvalue weighted by atomic mass is 10.4. The van der Waals surface area contributed by atoms with Gasteiger partial charge in [0.1, 0.15) is 0 Å². The second-order valence-corrected chi connectivity index (χ2v) is 8.85. The van der Waals surface area contributed by atoms with Crippen molar-refractivity contribution in [3.8, 4) is 0 Å². The monoisotopic (exact) mass is 384 g/mol. The molecule has 0 aromatic heterocycles. The molecule has 0 bridgehead atoms. The highest BCUT2D eigenvalue weighted by Gasteiger charge is 2.14. The molecule has 2 N–H and O–H groups in total. The Labute approximate surface area is 161 Å². The molecule has 0 saturated carbocycles. The van der Waals surface area contributed by atoms with Crippen molar-refractivity contribution in [2.24, 2.45) is 0 Å². The lowest BCUT2D eigenvalue weighted by Crippen LogP contribution is -2.20. The Kier molecular flexibility index (Phi) is 10.1. The Balaban J connectivity index is 0.000000298. The molecule has 0 aliphatic heterocycles. The lowest BCUT2D eigenvalue weighted by molar-refractivity contribution is 0.318. The first-order chi connectivity index (χ1) is 12.9. The molecule has 2 nitrogen and oxygen atoms in total. The van der Waals surface area contributed by atoms with Crippen LogP contribution in [0.25, 0.3) is 0 Å². The summed E-state index contributed by atoms with van der Waals surface area (Å²) in [6, 6.07) is 32.3. The van der Waals surface area contributed by atoms with E-state index in [1.807, 2.05) is 0 Å². The van der Waals surface area contributed by atoms with Gasteiger partial charge in [-0.3, -0.25) is 0 Å². The van der Waals surface area contributed by atoms with Crippen molar-refractivity contribution in [1.82, 2.24) is 0 Å². The fourth-order valence-electron chi connectivity index (χ4n) is 2.41. The highest BCUT2D eigenvalue weighted by molar-refractivity contribution is 7.99. The van der Waals surface area contributed by atoms with Gasteiger partial charge in [0.25, 0.3) is 0 Å². The molecule has 0 saturated heterocycles. The maximum atomic E-state index is 8.19. The van der Waals surface area contributed by atoms with E-state index >= 15 is 0 Å². The highest BCUT2D eigenvalue weighted by atomic mass is 32.2. The van der Waals surface area contributed by atoms with Crippen molar-refractivity contribution in [3.63, 3.8) is 0 Å². The molecule has 0 radical (unpaired) electrons. The molecule has 0 atom stereocenters. The number of benzene rings is 3. The van der Waals surface area contributed by atoms with Gasteiger partial charge in [0.05, 0.1) is 13.2 Å². The summed E-state index contributed by atoms with van der Waals surface area (Å²) in [7, 11) is -0.446. The van der Waals surface area contributed by atoms with Crippen molar-refractivity contribution >= 4 is 35.6 Å². The second-order valence-electron chi connectivity index (χ2n) is 5.40. The van der Waals surface area contributed by atoms with Crippen LogP contribution in [0.5, 0.6) is 0 Å².